The maximum absolute atomic E-state index is 12.4. The quantitative estimate of drug-likeness (QED) is 0.710. The van der Waals surface area contributed by atoms with Gasteiger partial charge in [0, 0.05) is 6.54 Å². The average molecular weight is 286 g/mol. The zero-order valence-corrected chi connectivity index (χ0v) is 11.5. The molecule has 108 valence electrons. The van der Waals surface area contributed by atoms with E-state index in [4.69, 9.17) is 0 Å². The predicted molar refractivity (Wildman–Crippen MR) is 78.8 cm³/mol. The third kappa shape index (κ3) is 2.06. The third-order valence-electron chi connectivity index (χ3n) is 3.40. The second kappa shape index (κ2) is 5.01. The number of H-pyrrole nitrogens is 1. The fourth-order valence-corrected chi connectivity index (χ4v) is 2.28. The van der Waals surface area contributed by atoms with Crippen LogP contribution in [0.25, 0.3) is 16.7 Å². The maximum Gasteiger partial charge on any atom is 0.342 e. The minimum atomic E-state index is -0.648. The molecule has 0 spiro atoms. The van der Waals surface area contributed by atoms with E-state index in [2.05, 4.69) is 9.97 Å². The number of nitrogens with zero attached hydrogens (tertiary/aromatic N) is 3. The van der Waals surface area contributed by atoms with Crippen LogP contribution in [0, 0.1) is 0 Å². The number of aromatic amines is 1. The lowest BCUT2D eigenvalue weighted by Crippen LogP contribution is -2.43. The predicted octanol–water partition coefficient (Wildman–Crippen LogP) is 0.498. The minimum Gasteiger partial charge on any atom is -0.277 e. The Kier molecular flexibility index (Phi) is 3.17. The van der Waals surface area contributed by atoms with Crippen molar-refractivity contribution >= 4 is 16.7 Å². The molecular formula is C14H14N4O3. The Labute approximate surface area is 118 Å². The van der Waals surface area contributed by atoms with Gasteiger partial charge in [-0.1, -0.05) is 25.5 Å². The smallest absolute Gasteiger partial charge is 0.277 e. The molecule has 7 heteroatoms. The summed E-state index contributed by atoms with van der Waals surface area (Å²) < 4.78 is 1.95. The van der Waals surface area contributed by atoms with Crippen LogP contribution in [-0.2, 0) is 6.54 Å². The number of aromatic nitrogens is 4. The van der Waals surface area contributed by atoms with Crippen LogP contribution in [0.3, 0.4) is 0 Å². The van der Waals surface area contributed by atoms with E-state index < -0.39 is 16.9 Å². The van der Waals surface area contributed by atoms with Crippen molar-refractivity contribution < 1.29 is 0 Å². The highest BCUT2D eigenvalue weighted by Crippen LogP contribution is 2.05. The number of fused-ring (bicyclic) bond motifs is 2. The van der Waals surface area contributed by atoms with Crippen LogP contribution in [0.1, 0.15) is 19.8 Å². The Balaban J connectivity index is 2.45. The van der Waals surface area contributed by atoms with Crippen molar-refractivity contribution in [3.8, 4) is 0 Å². The average Bonchev–Trinajstić information content (AvgIpc) is 2.47. The van der Waals surface area contributed by atoms with Gasteiger partial charge in [0.25, 0.3) is 5.56 Å². The first kappa shape index (κ1) is 13.3. The van der Waals surface area contributed by atoms with Gasteiger partial charge in [0.2, 0.25) is 5.78 Å². The molecule has 1 N–H and O–H groups in total. The summed E-state index contributed by atoms with van der Waals surface area (Å²) in [6.45, 7) is 2.24. The van der Waals surface area contributed by atoms with Crippen LogP contribution >= 0.6 is 0 Å². The van der Waals surface area contributed by atoms with Crippen molar-refractivity contribution in [1.29, 1.82) is 0 Å². The van der Waals surface area contributed by atoms with Gasteiger partial charge in [-0.05, 0) is 18.6 Å². The van der Waals surface area contributed by atoms with Crippen LogP contribution in [0.15, 0.2) is 38.6 Å². The van der Waals surface area contributed by atoms with Gasteiger partial charge in [-0.15, -0.1) is 0 Å². The molecule has 2 heterocycles. The largest absolute Gasteiger partial charge is 0.342 e. The van der Waals surface area contributed by atoms with E-state index in [1.165, 1.54) is 0 Å². The SMILES string of the molecule is CCCCn1c(=O)[nH]c2nc3ccccc3c(=O)n2c1=O. The number of para-hydroxylation sites is 1. The normalized spacial score (nSPS) is 11.3. The fourth-order valence-electron chi connectivity index (χ4n) is 2.28. The highest BCUT2D eigenvalue weighted by Gasteiger charge is 2.12. The molecule has 0 saturated carbocycles. The van der Waals surface area contributed by atoms with E-state index in [0.717, 1.165) is 15.4 Å². The molecule has 0 aliphatic rings. The monoisotopic (exact) mass is 286 g/mol. The first-order valence-electron chi connectivity index (χ1n) is 6.78. The van der Waals surface area contributed by atoms with Crippen LogP contribution in [0.5, 0.6) is 0 Å². The van der Waals surface area contributed by atoms with Gasteiger partial charge < -0.3 is 0 Å². The molecule has 1 aromatic carbocycles. The summed E-state index contributed by atoms with van der Waals surface area (Å²) in [6, 6.07) is 6.72. The standard InChI is InChI=1S/C14H14N4O3/c1-2-3-8-17-13(20)16-12-15-10-7-5-4-6-9(10)11(19)18(12)14(17)21/h4-7H,2-3,8H2,1H3,(H,15,16,20). The third-order valence-corrected chi connectivity index (χ3v) is 3.40. The van der Waals surface area contributed by atoms with Gasteiger partial charge in [0.05, 0.1) is 10.9 Å². The van der Waals surface area contributed by atoms with Crippen molar-refractivity contribution in [2.45, 2.75) is 26.3 Å². The van der Waals surface area contributed by atoms with Crippen LogP contribution in [0.2, 0.25) is 0 Å². The molecule has 3 aromatic rings. The molecule has 0 unspecified atom stereocenters. The van der Waals surface area contributed by atoms with E-state index in [1.807, 2.05) is 6.92 Å². The number of unbranched alkanes of at least 4 members (excludes halogenated alkanes) is 1. The summed E-state index contributed by atoms with van der Waals surface area (Å²) in [4.78, 5) is 43.5. The summed E-state index contributed by atoms with van der Waals surface area (Å²) in [6.07, 6.45) is 1.53. The number of rotatable bonds is 3. The Bertz CT molecular complexity index is 997. The van der Waals surface area contributed by atoms with Crippen LogP contribution in [0.4, 0.5) is 0 Å². The summed E-state index contributed by atoms with van der Waals surface area (Å²) in [5, 5.41) is 0.348. The molecule has 0 aliphatic heterocycles. The molecule has 0 aliphatic carbocycles. The van der Waals surface area contributed by atoms with E-state index in [0.29, 0.717) is 17.3 Å². The van der Waals surface area contributed by atoms with Crippen LogP contribution < -0.4 is 16.9 Å². The first-order valence-corrected chi connectivity index (χ1v) is 6.78. The van der Waals surface area contributed by atoms with E-state index in [-0.39, 0.29) is 12.3 Å². The van der Waals surface area contributed by atoms with Crippen molar-refractivity contribution in [2.24, 2.45) is 0 Å². The number of hydrogen-bond acceptors (Lipinski definition) is 4. The lowest BCUT2D eigenvalue weighted by molar-refractivity contribution is 0.559. The molecular weight excluding hydrogens is 272 g/mol. The maximum atomic E-state index is 12.4. The van der Waals surface area contributed by atoms with Crippen LogP contribution in [-0.4, -0.2) is 18.9 Å². The van der Waals surface area contributed by atoms with Gasteiger partial charge in [-0.2, -0.15) is 4.40 Å². The molecule has 0 saturated heterocycles. The second-order valence-electron chi connectivity index (χ2n) is 4.81. The Morgan fingerprint density at radius 1 is 1.19 bits per heavy atom. The topological polar surface area (TPSA) is 89.2 Å². The van der Waals surface area contributed by atoms with E-state index >= 15 is 0 Å². The van der Waals surface area contributed by atoms with Crippen molar-refractivity contribution in [3.05, 3.63) is 55.6 Å². The second-order valence-corrected chi connectivity index (χ2v) is 4.81. The van der Waals surface area contributed by atoms with Crippen molar-refractivity contribution in [2.75, 3.05) is 0 Å². The lowest BCUT2D eigenvalue weighted by atomic mass is 10.2. The number of nitrogens with one attached hydrogen (secondary N) is 1. The zero-order chi connectivity index (χ0) is 15.0. The minimum absolute atomic E-state index is 0.0264. The molecule has 7 nitrogen and oxygen atoms in total. The van der Waals surface area contributed by atoms with Gasteiger partial charge in [0.15, 0.2) is 0 Å². The molecule has 0 atom stereocenters. The van der Waals surface area contributed by atoms with E-state index in [9.17, 15) is 14.4 Å². The van der Waals surface area contributed by atoms with Gasteiger partial charge in [-0.3, -0.25) is 9.78 Å². The van der Waals surface area contributed by atoms with E-state index in [1.54, 1.807) is 24.3 Å². The summed E-state index contributed by atoms with van der Waals surface area (Å²) in [5.41, 5.74) is -1.22. The lowest BCUT2D eigenvalue weighted by Gasteiger charge is -2.06. The molecule has 0 fully saturated rings. The highest BCUT2D eigenvalue weighted by molar-refractivity contribution is 5.78. The molecule has 0 amide bonds. The fraction of sp³-hybridized carbons (Fsp3) is 0.286. The summed E-state index contributed by atoms with van der Waals surface area (Å²) in [5.74, 6) is -0.0264. The molecule has 0 bridgehead atoms. The Hall–Kier alpha value is -2.70. The molecule has 2 aromatic heterocycles. The Morgan fingerprint density at radius 3 is 2.71 bits per heavy atom. The summed E-state index contributed by atoms with van der Waals surface area (Å²) in [7, 11) is 0. The molecule has 21 heavy (non-hydrogen) atoms. The number of hydrogen-bond donors (Lipinski definition) is 1. The number of benzene rings is 1. The van der Waals surface area contributed by atoms with Gasteiger partial charge in [-0.25, -0.2) is 19.1 Å². The highest BCUT2D eigenvalue weighted by atomic mass is 16.2. The Morgan fingerprint density at radius 2 is 1.95 bits per heavy atom. The van der Waals surface area contributed by atoms with Gasteiger partial charge >= 0.3 is 11.4 Å². The molecule has 0 radical (unpaired) electrons. The van der Waals surface area contributed by atoms with Crippen molar-refractivity contribution in [1.82, 2.24) is 18.9 Å². The first-order chi connectivity index (χ1) is 10.1. The van der Waals surface area contributed by atoms with Crippen molar-refractivity contribution in [3.63, 3.8) is 0 Å². The summed E-state index contributed by atoms with van der Waals surface area (Å²) >= 11 is 0. The van der Waals surface area contributed by atoms with Gasteiger partial charge in [0.1, 0.15) is 0 Å². The zero-order valence-electron chi connectivity index (χ0n) is 11.5. The molecule has 3 rings (SSSR count).